The highest BCUT2D eigenvalue weighted by Gasteiger charge is 2.55. The number of ether oxygens (including phenoxy) is 1. The van der Waals surface area contributed by atoms with Gasteiger partial charge in [0.1, 0.15) is 18.7 Å². The molecule has 0 saturated carbocycles. The molecule has 2 bridgehead atoms. The zero-order chi connectivity index (χ0) is 24.6. The molecule has 0 spiro atoms. The molecule has 184 valence electrons. The lowest BCUT2D eigenvalue weighted by Crippen LogP contribution is -2.68. The molecule has 3 aliphatic rings. The molecular weight excluding hydrogens is 449 g/mol. The Labute approximate surface area is 204 Å². The van der Waals surface area contributed by atoms with E-state index in [1.165, 1.54) is 6.07 Å². The summed E-state index contributed by atoms with van der Waals surface area (Å²) in [5.41, 5.74) is 2.19. The number of fused-ring (bicyclic) bond motifs is 4. The van der Waals surface area contributed by atoms with Crippen LogP contribution in [0.5, 0.6) is 0 Å². The number of aromatic nitrogens is 1. The molecule has 0 N–H and O–H groups in total. The summed E-state index contributed by atoms with van der Waals surface area (Å²) in [5, 5.41) is 1.04. The Kier molecular flexibility index (Phi) is 6.69. The molecule has 35 heavy (non-hydrogen) atoms. The molecule has 6 heteroatoms. The van der Waals surface area contributed by atoms with Crippen molar-refractivity contribution in [2.75, 3.05) is 19.7 Å². The van der Waals surface area contributed by atoms with Crippen molar-refractivity contribution in [3.8, 4) is 0 Å². The normalized spacial score (nSPS) is 26.7. The van der Waals surface area contributed by atoms with Crippen molar-refractivity contribution in [3.05, 3.63) is 89.9 Å². The van der Waals surface area contributed by atoms with Gasteiger partial charge in [0.05, 0.1) is 25.2 Å². The van der Waals surface area contributed by atoms with Crippen molar-refractivity contribution in [1.82, 2.24) is 4.98 Å². The Hall–Kier alpha value is -2.70. The fraction of sp³-hybridized carbons (Fsp3) is 0.414. The van der Waals surface area contributed by atoms with Gasteiger partial charge in [-0.15, -0.1) is 6.58 Å². The molecule has 5 atom stereocenters. The van der Waals surface area contributed by atoms with Gasteiger partial charge >= 0.3 is 0 Å². The van der Waals surface area contributed by atoms with E-state index < -0.39 is 17.5 Å². The smallest absolute Gasteiger partial charge is 0.194 e. The number of hydrogen-bond acceptors (Lipinski definition) is 2. The standard InChI is InChI=1S/C29H32F3N2O/c1-3-15-35-29(23-11-13-33-25-8-6-5-7-22(23)25)26-16-20-12-14-34(26,17-19(20)4-2)18-21-9-10-24(30)28(32)27(21)31/h3,5-11,13,19-20,26,29H,1,4,12,14-18H2,2H3/q+1/t19-,20-,26+,29-,34-/m0/s1. The molecule has 3 fully saturated rings. The zero-order valence-electron chi connectivity index (χ0n) is 20.1. The van der Waals surface area contributed by atoms with Crippen molar-refractivity contribution in [3.63, 3.8) is 0 Å². The molecule has 3 saturated heterocycles. The average molecular weight is 482 g/mol. The number of pyridine rings is 1. The third kappa shape index (κ3) is 4.27. The summed E-state index contributed by atoms with van der Waals surface area (Å²) in [4.78, 5) is 4.53. The Morgan fingerprint density at radius 2 is 1.97 bits per heavy atom. The first-order chi connectivity index (χ1) is 17.0. The van der Waals surface area contributed by atoms with Gasteiger partial charge in [0.25, 0.3) is 0 Å². The molecular formula is C29H32F3N2O+. The van der Waals surface area contributed by atoms with Crippen LogP contribution >= 0.6 is 0 Å². The van der Waals surface area contributed by atoms with E-state index in [-0.39, 0.29) is 17.7 Å². The number of rotatable bonds is 8. The molecule has 0 amide bonds. The van der Waals surface area contributed by atoms with E-state index in [1.807, 2.05) is 30.5 Å². The van der Waals surface area contributed by atoms with Crippen LogP contribution in [0.25, 0.3) is 10.9 Å². The van der Waals surface area contributed by atoms with Crippen LogP contribution in [0.15, 0.2) is 61.3 Å². The largest absolute Gasteiger partial charge is 0.363 e. The van der Waals surface area contributed by atoms with Crippen LogP contribution in [-0.4, -0.2) is 35.2 Å². The van der Waals surface area contributed by atoms with E-state index in [0.717, 1.165) is 54.9 Å². The van der Waals surface area contributed by atoms with Gasteiger partial charge in [0.2, 0.25) is 0 Å². The van der Waals surface area contributed by atoms with E-state index in [0.29, 0.717) is 29.5 Å². The van der Waals surface area contributed by atoms with Gasteiger partial charge in [0.15, 0.2) is 17.5 Å². The predicted molar refractivity (Wildman–Crippen MR) is 131 cm³/mol. The van der Waals surface area contributed by atoms with Gasteiger partial charge in [-0.1, -0.05) is 31.2 Å². The molecule has 3 aromatic rings. The summed E-state index contributed by atoms with van der Waals surface area (Å²) in [6.45, 7) is 8.50. The topological polar surface area (TPSA) is 22.1 Å². The number of quaternary nitrogens is 1. The first kappa shape index (κ1) is 24.0. The van der Waals surface area contributed by atoms with Gasteiger partial charge in [-0.2, -0.15) is 0 Å². The van der Waals surface area contributed by atoms with E-state index >= 15 is 0 Å². The van der Waals surface area contributed by atoms with Crippen LogP contribution < -0.4 is 0 Å². The third-order valence-electron chi connectivity index (χ3n) is 8.31. The van der Waals surface area contributed by atoms with Crippen LogP contribution in [0.1, 0.15) is 43.4 Å². The maximum absolute atomic E-state index is 14.9. The third-order valence-corrected chi connectivity index (χ3v) is 8.31. The van der Waals surface area contributed by atoms with Crippen molar-refractivity contribution < 1.29 is 22.4 Å². The Morgan fingerprint density at radius 1 is 1.14 bits per heavy atom. The van der Waals surface area contributed by atoms with Crippen LogP contribution in [0, 0.1) is 29.3 Å². The predicted octanol–water partition coefficient (Wildman–Crippen LogP) is 6.73. The lowest BCUT2D eigenvalue weighted by Gasteiger charge is -2.59. The molecule has 3 aliphatic heterocycles. The molecule has 3 nitrogen and oxygen atoms in total. The number of benzene rings is 2. The fourth-order valence-corrected chi connectivity index (χ4v) is 6.62. The van der Waals surface area contributed by atoms with Crippen molar-refractivity contribution >= 4 is 10.9 Å². The van der Waals surface area contributed by atoms with Crippen molar-refractivity contribution in [1.29, 1.82) is 0 Å². The summed E-state index contributed by atoms with van der Waals surface area (Å²) in [6, 6.07) is 12.5. The summed E-state index contributed by atoms with van der Waals surface area (Å²) in [5.74, 6) is -2.53. The minimum Gasteiger partial charge on any atom is -0.363 e. The second kappa shape index (κ2) is 9.75. The number of piperidine rings is 3. The second-order valence-electron chi connectivity index (χ2n) is 10.1. The highest BCUT2D eigenvalue weighted by atomic mass is 19.2. The molecule has 0 radical (unpaired) electrons. The van der Waals surface area contributed by atoms with Crippen molar-refractivity contribution in [2.45, 2.75) is 44.9 Å². The maximum atomic E-state index is 14.9. The van der Waals surface area contributed by atoms with E-state index in [9.17, 15) is 13.2 Å². The minimum atomic E-state index is -1.39. The summed E-state index contributed by atoms with van der Waals surface area (Å²) >= 11 is 0. The molecule has 1 aromatic heterocycles. The minimum absolute atomic E-state index is 0.0508. The lowest BCUT2D eigenvalue weighted by molar-refractivity contribution is -0.986. The van der Waals surface area contributed by atoms with E-state index in [4.69, 9.17) is 4.74 Å². The first-order valence-corrected chi connectivity index (χ1v) is 12.5. The number of nitrogens with zero attached hydrogens (tertiary/aromatic N) is 2. The highest BCUT2D eigenvalue weighted by Crippen LogP contribution is 2.49. The zero-order valence-corrected chi connectivity index (χ0v) is 20.1. The lowest BCUT2D eigenvalue weighted by atomic mass is 9.70. The number of halogens is 3. The Bertz CT molecular complexity index is 1230. The van der Waals surface area contributed by atoms with Gasteiger partial charge in [0, 0.05) is 35.9 Å². The monoisotopic (exact) mass is 481 g/mol. The summed E-state index contributed by atoms with van der Waals surface area (Å²) in [7, 11) is 0. The maximum Gasteiger partial charge on any atom is 0.194 e. The molecule has 0 unspecified atom stereocenters. The average Bonchev–Trinajstić information content (AvgIpc) is 2.89. The van der Waals surface area contributed by atoms with Gasteiger partial charge < -0.3 is 9.22 Å². The Morgan fingerprint density at radius 3 is 2.77 bits per heavy atom. The number of para-hydroxylation sites is 1. The van der Waals surface area contributed by atoms with Gasteiger partial charge in [-0.25, -0.2) is 13.2 Å². The van der Waals surface area contributed by atoms with Crippen LogP contribution in [0.2, 0.25) is 0 Å². The highest BCUT2D eigenvalue weighted by molar-refractivity contribution is 5.82. The Balaban J connectivity index is 1.61. The van der Waals surface area contributed by atoms with Crippen LogP contribution in [0.4, 0.5) is 13.2 Å². The molecule has 6 rings (SSSR count). The molecule has 4 heterocycles. The molecule has 2 aromatic carbocycles. The fourth-order valence-electron chi connectivity index (χ4n) is 6.62. The molecule has 0 aliphatic carbocycles. The van der Waals surface area contributed by atoms with E-state index in [2.05, 4.69) is 24.6 Å². The van der Waals surface area contributed by atoms with Gasteiger partial charge in [-0.05, 0) is 42.2 Å². The van der Waals surface area contributed by atoms with E-state index in [1.54, 1.807) is 6.08 Å². The van der Waals surface area contributed by atoms with Crippen molar-refractivity contribution in [2.24, 2.45) is 11.8 Å². The van der Waals surface area contributed by atoms with Crippen LogP contribution in [-0.2, 0) is 11.3 Å². The quantitative estimate of drug-likeness (QED) is 0.202. The number of hydrogen-bond donors (Lipinski definition) is 0. The van der Waals surface area contributed by atoms with Gasteiger partial charge in [-0.3, -0.25) is 4.98 Å². The second-order valence-corrected chi connectivity index (χ2v) is 10.1. The summed E-state index contributed by atoms with van der Waals surface area (Å²) in [6.07, 6.45) is 6.35. The first-order valence-electron chi connectivity index (χ1n) is 12.5. The van der Waals surface area contributed by atoms with Crippen LogP contribution in [0.3, 0.4) is 0 Å². The summed E-state index contributed by atoms with van der Waals surface area (Å²) < 4.78 is 49.9. The SMILES string of the molecule is C=CCO[C@@H](c1ccnc2ccccc12)[C@H]1C[C@@H]2CC[N@@+]1(Cc1ccc(F)c(F)c1F)C[C@@H]2CC.